The average Bonchev–Trinajstić information content (AvgIpc) is 3.40. The van der Waals surface area contributed by atoms with Gasteiger partial charge in [-0.25, -0.2) is 14.4 Å². The lowest BCUT2D eigenvalue weighted by Gasteiger charge is -2.29. The van der Waals surface area contributed by atoms with Gasteiger partial charge in [0.1, 0.15) is 50.6 Å². The van der Waals surface area contributed by atoms with Gasteiger partial charge in [-0.05, 0) is 85.4 Å². The number of hydrogen-bond donors (Lipinski definition) is 3. The predicted octanol–water partition coefficient (Wildman–Crippen LogP) is 6.42. The molecule has 0 saturated heterocycles. The van der Waals surface area contributed by atoms with Crippen LogP contribution in [-0.4, -0.2) is 121 Å². The van der Waals surface area contributed by atoms with Crippen LogP contribution in [0.15, 0.2) is 116 Å². The first-order valence-electron chi connectivity index (χ1n) is 24.6. The average molecular weight is 1040 g/mol. The van der Waals surface area contributed by atoms with E-state index in [0.717, 1.165) is 34.9 Å². The molecule has 9 unspecified atom stereocenters. The number of carbonyl (C=O) groups excluding carboxylic acids is 5. The Labute approximate surface area is 435 Å². The van der Waals surface area contributed by atoms with Crippen LogP contribution in [-0.2, 0) is 74.8 Å². The lowest BCUT2D eigenvalue weighted by Crippen LogP contribution is -2.38. The number of rotatable bonds is 28. The van der Waals surface area contributed by atoms with Crippen LogP contribution in [0.25, 0.3) is 0 Å². The summed E-state index contributed by atoms with van der Waals surface area (Å²) in [6.45, 7) is 14.1. The van der Waals surface area contributed by atoms with E-state index in [2.05, 4.69) is 19.7 Å². The molecule has 18 nitrogen and oxygen atoms in total. The summed E-state index contributed by atoms with van der Waals surface area (Å²) in [5, 5.41) is 30.2. The first kappa shape index (κ1) is 58.3. The van der Waals surface area contributed by atoms with Crippen LogP contribution < -0.4 is 9.47 Å². The SMILES string of the molecule is C=CC(=O)OCC(O)COC1C(Cc2ccc(Cc3cccc(OCC(COC(=O)C=C)OC(=O)C4CC=CCC4C(=O)O)c3C)c(OCC(COC(=O)C=C)OC(=O)C3CC=CCC3C(=O)O)c2C)=CC=CC1C. The van der Waals surface area contributed by atoms with Gasteiger partial charge in [-0.15, -0.1) is 0 Å². The van der Waals surface area contributed by atoms with E-state index in [-0.39, 0.29) is 64.4 Å². The Bertz CT molecular complexity index is 2550. The maximum atomic E-state index is 13.7. The van der Waals surface area contributed by atoms with Crippen LogP contribution >= 0.6 is 0 Å². The third-order valence-corrected chi connectivity index (χ3v) is 13.1. The Morgan fingerprint density at radius 2 is 1.11 bits per heavy atom. The van der Waals surface area contributed by atoms with Gasteiger partial charge in [0, 0.05) is 30.6 Å². The van der Waals surface area contributed by atoms with E-state index in [1.54, 1.807) is 36.4 Å². The number of carboxylic acids is 2. The van der Waals surface area contributed by atoms with Crippen LogP contribution in [0.2, 0.25) is 0 Å². The predicted molar refractivity (Wildman–Crippen MR) is 271 cm³/mol. The van der Waals surface area contributed by atoms with Gasteiger partial charge in [0.05, 0.1) is 36.4 Å². The highest BCUT2D eigenvalue weighted by atomic mass is 16.6. The minimum atomic E-state index is -1.18. The van der Waals surface area contributed by atoms with Gasteiger partial charge in [0.2, 0.25) is 0 Å². The molecule has 0 amide bonds. The summed E-state index contributed by atoms with van der Waals surface area (Å²) in [5.41, 5.74) is 4.55. The molecule has 3 aliphatic rings. The first-order chi connectivity index (χ1) is 35.9. The van der Waals surface area contributed by atoms with E-state index in [4.69, 9.17) is 37.9 Å². The van der Waals surface area contributed by atoms with Crippen molar-refractivity contribution in [1.29, 1.82) is 0 Å². The molecule has 0 radical (unpaired) electrons. The number of ether oxygens (including phenoxy) is 8. The third-order valence-electron chi connectivity index (χ3n) is 13.1. The van der Waals surface area contributed by atoms with E-state index in [9.17, 15) is 48.9 Å². The van der Waals surface area contributed by atoms with Gasteiger partial charge >= 0.3 is 41.8 Å². The molecule has 0 heterocycles. The molecular weight excluding hydrogens is 973 g/mol. The van der Waals surface area contributed by atoms with Crippen LogP contribution in [0.4, 0.5) is 0 Å². The van der Waals surface area contributed by atoms with Gasteiger partial charge in [-0.2, -0.15) is 0 Å². The third kappa shape index (κ3) is 17.0. The number of esters is 5. The van der Waals surface area contributed by atoms with Crippen molar-refractivity contribution in [2.75, 3.05) is 39.6 Å². The summed E-state index contributed by atoms with van der Waals surface area (Å²) >= 11 is 0. The number of hydrogen-bond acceptors (Lipinski definition) is 16. The van der Waals surface area contributed by atoms with Crippen molar-refractivity contribution in [2.24, 2.45) is 29.6 Å². The summed E-state index contributed by atoms with van der Waals surface area (Å²) in [7, 11) is 0. The standard InChI is InChI=1S/C57H66O18/c1-7-49(59)69-28-41(58)29-72-52-34(4)16-14-18-39(52)27-38-24-25-40(53(36(38)6)73-33-43(32-71-51(61)9-3)75-57(67)47-22-13-11-20-45(47)55(64)65)26-37-17-15-23-48(35(37)5)68-30-42(31-70-50(60)8-2)74-56(66)46-21-12-10-19-44(46)54(62)63/h7-18,23-25,34,41-47,52,58H,1-3,19-22,26-33H2,4-6H3,(H,62,63)(H,64,65). The number of carboxylic acid groups (broad SMARTS) is 2. The smallest absolute Gasteiger partial charge is 0.330 e. The van der Waals surface area contributed by atoms with Crippen LogP contribution in [0, 0.1) is 43.4 Å². The molecule has 2 aromatic carbocycles. The van der Waals surface area contributed by atoms with Crippen LogP contribution in [0.1, 0.15) is 60.4 Å². The summed E-state index contributed by atoms with van der Waals surface area (Å²) in [6, 6.07) is 9.20. The summed E-state index contributed by atoms with van der Waals surface area (Å²) < 4.78 is 46.2. The lowest BCUT2D eigenvalue weighted by atomic mass is 9.83. The molecule has 18 heteroatoms. The monoisotopic (exact) mass is 1040 g/mol. The lowest BCUT2D eigenvalue weighted by molar-refractivity contribution is -0.167. The topological polar surface area (TPSA) is 254 Å². The number of aliphatic hydroxyl groups excluding tert-OH is 1. The fourth-order valence-corrected chi connectivity index (χ4v) is 8.82. The summed E-state index contributed by atoms with van der Waals surface area (Å²) in [4.78, 5) is 87.1. The largest absolute Gasteiger partial charge is 0.489 e. The molecule has 5 rings (SSSR count). The Hall–Kier alpha value is -7.57. The van der Waals surface area contributed by atoms with Crippen molar-refractivity contribution in [1.82, 2.24) is 0 Å². The van der Waals surface area contributed by atoms with Gasteiger partial charge in [-0.3, -0.25) is 19.2 Å². The quantitative estimate of drug-likeness (QED) is 0.0360. The Balaban J connectivity index is 1.45. The minimum absolute atomic E-state index is 0.0992. The summed E-state index contributed by atoms with van der Waals surface area (Å²) in [5.74, 6) is -9.31. The molecule has 0 saturated carbocycles. The molecule has 402 valence electrons. The fraction of sp³-hybridized carbons (Fsp3) is 0.421. The van der Waals surface area contributed by atoms with Crippen LogP contribution in [0.3, 0.4) is 0 Å². The van der Waals surface area contributed by atoms with E-state index >= 15 is 0 Å². The van der Waals surface area contributed by atoms with Crippen LogP contribution in [0.5, 0.6) is 11.5 Å². The first-order valence-corrected chi connectivity index (χ1v) is 24.6. The summed E-state index contributed by atoms with van der Waals surface area (Å²) in [6.07, 6.45) is 12.9. The molecule has 0 bridgehead atoms. The molecule has 3 N–H and O–H groups in total. The van der Waals surface area contributed by atoms with Crippen molar-refractivity contribution in [3.63, 3.8) is 0 Å². The number of carbonyl (C=O) groups is 7. The second kappa shape index (κ2) is 28.8. The maximum Gasteiger partial charge on any atom is 0.330 e. The molecule has 9 atom stereocenters. The van der Waals surface area contributed by atoms with Crippen molar-refractivity contribution in [2.45, 2.75) is 83.7 Å². The van der Waals surface area contributed by atoms with Gasteiger partial charge < -0.3 is 53.2 Å². The molecule has 2 aromatic rings. The number of aliphatic hydroxyl groups is 1. The van der Waals surface area contributed by atoms with E-state index < -0.39 is 103 Å². The van der Waals surface area contributed by atoms with Gasteiger partial charge in [-0.1, -0.05) is 93.5 Å². The molecule has 3 aliphatic carbocycles. The van der Waals surface area contributed by atoms with Gasteiger partial charge in [0.15, 0.2) is 12.2 Å². The maximum absolute atomic E-state index is 13.7. The van der Waals surface area contributed by atoms with Crippen molar-refractivity contribution < 1.29 is 86.8 Å². The number of aliphatic carboxylic acids is 2. The molecule has 0 fully saturated rings. The fourth-order valence-electron chi connectivity index (χ4n) is 8.82. The number of benzene rings is 2. The number of allylic oxidation sites excluding steroid dienone is 6. The Morgan fingerprint density at radius 3 is 1.64 bits per heavy atom. The highest BCUT2D eigenvalue weighted by Gasteiger charge is 2.38. The zero-order valence-corrected chi connectivity index (χ0v) is 42.4. The Morgan fingerprint density at radius 1 is 0.613 bits per heavy atom. The Kier molecular flexibility index (Phi) is 22.4. The molecule has 0 aromatic heterocycles. The van der Waals surface area contributed by atoms with Gasteiger partial charge in [0.25, 0.3) is 0 Å². The second-order valence-corrected chi connectivity index (χ2v) is 18.4. The molecule has 75 heavy (non-hydrogen) atoms. The molecular formula is C57H66O18. The second-order valence-electron chi connectivity index (χ2n) is 18.4. The van der Waals surface area contributed by atoms with E-state index in [1.165, 1.54) is 0 Å². The highest BCUT2D eigenvalue weighted by molar-refractivity contribution is 5.84. The molecule has 0 spiro atoms. The zero-order chi connectivity index (χ0) is 54.6. The van der Waals surface area contributed by atoms with E-state index in [0.29, 0.717) is 34.6 Å². The van der Waals surface area contributed by atoms with E-state index in [1.807, 2.05) is 57.2 Å². The van der Waals surface area contributed by atoms with Crippen molar-refractivity contribution in [3.8, 4) is 11.5 Å². The van der Waals surface area contributed by atoms with Crippen molar-refractivity contribution in [3.05, 3.63) is 144 Å². The molecule has 0 aliphatic heterocycles. The zero-order valence-electron chi connectivity index (χ0n) is 42.4. The normalized spacial score (nSPS) is 20.9. The van der Waals surface area contributed by atoms with Crippen molar-refractivity contribution >= 4 is 41.8 Å². The highest BCUT2D eigenvalue weighted by Crippen LogP contribution is 2.36. The minimum Gasteiger partial charge on any atom is -0.489 e.